The number of aliphatic hydroxyl groups excluding tert-OH is 1. The predicted octanol–water partition coefficient (Wildman–Crippen LogP) is 2.43. The number of aliphatic hydroxyl groups is 1. The maximum atomic E-state index is 12.2. The smallest absolute Gasteiger partial charge is 0.282 e. The van der Waals surface area contributed by atoms with Gasteiger partial charge in [-0.05, 0) is 30.7 Å². The summed E-state index contributed by atoms with van der Waals surface area (Å²) in [5, 5.41) is 22.6. The molecule has 0 aliphatic rings. The summed E-state index contributed by atoms with van der Waals surface area (Å²) < 4.78 is 0. The van der Waals surface area contributed by atoms with Gasteiger partial charge in [0.2, 0.25) is 0 Å². The average Bonchev–Trinajstić information content (AvgIpc) is 2.42. The van der Waals surface area contributed by atoms with Gasteiger partial charge in [-0.2, -0.15) is 0 Å². The average molecular weight is 294 g/mol. The molecule has 2 N–H and O–H groups in total. The molecule has 0 aliphatic heterocycles. The van der Waals surface area contributed by atoms with Crippen LogP contribution in [-0.4, -0.2) is 29.1 Å². The number of nitrogens with one attached hydrogen (secondary N) is 1. The predicted molar refractivity (Wildman–Crippen MR) is 80.3 cm³/mol. The minimum Gasteiger partial charge on any atom is -0.396 e. The van der Waals surface area contributed by atoms with Crippen molar-refractivity contribution in [1.82, 2.24) is 5.32 Å². The normalized spacial score (nSPS) is 11.2. The Kier molecular flexibility index (Phi) is 5.84. The molecule has 0 saturated carbocycles. The molecule has 0 saturated heterocycles. The van der Waals surface area contributed by atoms with E-state index in [0.29, 0.717) is 18.5 Å². The van der Waals surface area contributed by atoms with Crippen molar-refractivity contribution in [1.29, 1.82) is 0 Å². The van der Waals surface area contributed by atoms with Crippen LogP contribution in [0.25, 0.3) is 0 Å². The summed E-state index contributed by atoms with van der Waals surface area (Å²) in [6.07, 6.45) is 1.42. The number of benzene rings is 1. The van der Waals surface area contributed by atoms with E-state index in [0.717, 1.165) is 6.42 Å². The molecular formula is C15H22N2O4. The number of carbonyl (C=O) groups is 1. The Bertz CT molecular complexity index is 526. The largest absolute Gasteiger partial charge is 0.396 e. The number of nitro groups is 1. The van der Waals surface area contributed by atoms with Crippen molar-refractivity contribution in [3.05, 3.63) is 39.4 Å². The second-order valence-corrected chi connectivity index (χ2v) is 5.90. The quantitative estimate of drug-likeness (QED) is 0.596. The first-order valence-electron chi connectivity index (χ1n) is 6.91. The van der Waals surface area contributed by atoms with Crippen LogP contribution < -0.4 is 5.32 Å². The highest BCUT2D eigenvalue weighted by molar-refractivity contribution is 5.99. The van der Waals surface area contributed by atoms with Crippen LogP contribution in [0.2, 0.25) is 0 Å². The van der Waals surface area contributed by atoms with Gasteiger partial charge in [-0.25, -0.2) is 0 Å². The van der Waals surface area contributed by atoms with Crippen LogP contribution in [0.3, 0.4) is 0 Å². The number of rotatable bonds is 7. The van der Waals surface area contributed by atoms with Gasteiger partial charge in [-0.1, -0.05) is 26.0 Å². The van der Waals surface area contributed by atoms with Crippen molar-refractivity contribution in [2.45, 2.75) is 33.6 Å². The number of aryl methyl sites for hydroxylation is 1. The summed E-state index contributed by atoms with van der Waals surface area (Å²) in [4.78, 5) is 22.7. The standard InChI is InChI=1S/C15H22N2O4/c1-11-6-4-7-12(17(20)21)13(11)14(19)16-10-15(2,3)8-5-9-18/h4,6-7,18H,5,8-10H2,1-3H3,(H,16,19). The van der Waals surface area contributed by atoms with E-state index in [1.165, 1.54) is 6.07 Å². The van der Waals surface area contributed by atoms with Crippen molar-refractivity contribution < 1.29 is 14.8 Å². The third-order valence-corrected chi connectivity index (χ3v) is 3.41. The van der Waals surface area contributed by atoms with Crippen LogP contribution in [0.15, 0.2) is 18.2 Å². The second-order valence-electron chi connectivity index (χ2n) is 5.90. The summed E-state index contributed by atoms with van der Waals surface area (Å²) in [6, 6.07) is 4.58. The van der Waals surface area contributed by atoms with E-state index in [1.54, 1.807) is 19.1 Å². The van der Waals surface area contributed by atoms with E-state index in [1.807, 2.05) is 13.8 Å². The molecule has 0 radical (unpaired) electrons. The van der Waals surface area contributed by atoms with Crippen molar-refractivity contribution in [2.24, 2.45) is 5.41 Å². The molecule has 0 atom stereocenters. The van der Waals surface area contributed by atoms with Crippen LogP contribution in [0.5, 0.6) is 0 Å². The minimum atomic E-state index is -0.543. The van der Waals surface area contributed by atoms with Gasteiger partial charge in [0, 0.05) is 19.2 Å². The zero-order valence-corrected chi connectivity index (χ0v) is 12.7. The van der Waals surface area contributed by atoms with Gasteiger partial charge >= 0.3 is 0 Å². The van der Waals surface area contributed by atoms with Gasteiger partial charge in [0.05, 0.1) is 4.92 Å². The molecule has 0 spiro atoms. The number of hydrogen-bond donors (Lipinski definition) is 2. The van der Waals surface area contributed by atoms with E-state index >= 15 is 0 Å². The highest BCUT2D eigenvalue weighted by atomic mass is 16.6. The fourth-order valence-corrected chi connectivity index (χ4v) is 2.15. The molecule has 21 heavy (non-hydrogen) atoms. The first kappa shape index (κ1) is 17.1. The Morgan fingerprint density at radius 1 is 1.43 bits per heavy atom. The number of nitro benzene ring substituents is 1. The van der Waals surface area contributed by atoms with Gasteiger partial charge in [-0.15, -0.1) is 0 Å². The molecule has 0 aromatic heterocycles. The van der Waals surface area contributed by atoms with Crippen molar-refractivity contribution in [2.75, 3.05) is 13.2 Å². The molecule has 1 aromatic rings. The molecule has 0 unspecified atom stereocenters. The molecule has 0 heterocycles. The molecule has 116 valence electrons. The highest BCUT2D eigenvalue weighted by Crippen LogP contribution is 2.24. The van der Waals surface area contributed by atoms with Crippen molar-refractivity contribution in [3.8, 4) is 0 Å². The molecule has 1 amide bonds. The summed E-state index contributed by atoms with van der Waals surface area (Å²) in [5.74, 6) is -0.433. The third-order valence-electron chi connectivity index (χ3n) is 3.41. The fourth-order valence-electron chi connectivity index (χ4n) is 2.15. The Balaban J connectivity index is 2.84. The Morgan fingerprint density at radius 2 is 2.10 bits per heavy atom. The van der Waals surface area contributed by atoms with Gasteiger partial charge in [0.15, 0.2) is 0 Å². The summed E-state index contributed by atoms with van der Waals surface area (Å²) in [7, 11) is 0. The topological polar surface area (TPSA) is 92.5 Å². The van der Waals surface area contributed by atoms with Crippen LogP contribution in [0.1, 0.15) is 42.6 Å². The van der Waals surface area contributed by atoms with E-state index in [-0.39, 0.29) is 23.3 Å². The van der Waals surface area contributed by atoms with Gasteiger partial charge in [0.1, 0.15) is 5.56 Å². The van der Waals surface area contributed by atoms with Crippen LogP contribution in [-0.2, 0) is 0 Å². The van der Waals surface area contributed by atoms with E-state index in [4.69, 9.17) is 5.11 Å². The van der Waals surface area contributed by atoms with Crippen molar-refractivity contribution >= 4 is 11.6 Å². The molecule has 6 heteroatoms. The maximum absolute atomic E-state index is 12.2. The summed E-state index contributed by atoms with van der Waals surface area (Å²) >= 11 is 0. The van der Waals surface area contributed by atoms with Gasteiger partial charge in [-0.3, -0.25) is 14.9 Å². The summed E-state index contributed by atoms with van der Waals surface area (Å²) in [5.41, 5.74) is 0.339. The first-order chi connectivity index (χ1) is 9.78. The van der Waals surface area contributed by atoms with Gasteiger partial charge in [0.25, 0.3) is 11.6 Å². The van der Waals surface area contributed by atoms with E-state index in [9.17, 15) is 14.9 Å². The number of hydrogen-bond acceptors (Lipinski definition) is 4. The van der Waals surface area contributed by atoms with Crippen LogP contribution in [0.4, 0.5) is 5.69 Å². The molecule has 0 aliphatic carbocycles. The first-order valence-corrected chi connectivity index (χ1v) is 6.91. The number of amides is 1. The highest BCUT2D eigenvalue weighted by Gasteiger charge is 2.24. The Morgan fingerprint density at radius 3 is 2.67 bits per heavy atom. The zero-order valence-electron chi connectivity index (χ0n) is 12.7. The van der Waals surface area contributed by atoms with Crippen LogP contribution in [0, 0.1) is 22.5 Å². The molecule has 1 rings (SSSR count). The number of nitrogens with zero attached hydrogens (tertiary/aromatic N) is 1. The molecule has 0 fully saturated rings. The lowest BCUT2D eigenvalue weighted by Gasteiger charge is -2.24. The van der Waals surface area contributed by atoms with Crippen molar-refractivity contribution in [3.63, 3.8) is 0 Å². The zero-order chi connectivity index (χ0) is 16.0. The lowest BCUT2D eigenvalue weighted by molar-refractivity contribution is -0.385. The number of carbonyl (C=O) groups excluding carboxylic acids is 1. The molecule has 6 nitrogen and oxygen atoms in total. The second kappa shape index (κ2) is 7.17. The van der Waals surface area contributed by atoms with E-state index in [2.05, 4.69) is 5.32 Å². The monoisotopic (exact) mass is 294 g/mol. The fraction of sp³-hybridized carbons (Fsp3) is 0.533. The maximum Gasteiger partial charge on any atom is 0.282 e. The van der Waals surface area contributed by atoms with Gasteiger partial charge < -0.3 is 10.4 Å². The lowest BCUT2D eigenvalue weighted by atomic mass is 9.87. The summed E-state index contributed by atoms with van der Waals surface area (Å²) in [6.45, 7) is 6.15. The minimum absolute atomic E-state index is 0.112. The lowest BCUT2D eigenvalue weighted by Crippen LogP contribution is -2.34. The van der Waals surface area contributed by atoms with Crippen LogP contribution >= 0.6 is 0 Å². The molecule has 1 aromatic carbocycles. The molecular weight excluding hydrogens is 272 g/mol. The van der Waals surface area contributed by atoms with E-state index < -0.39 is 10.8 Å². The molecule has 0 bridgehead atoms. The Labute approximate surface area is 124 Å². The Hall–Kier alpha value is -1.95. The SMILES string of the molecule is Cc1cccc([N+](=O)[O-])c1C(=O)NCC(C)(C)CCCO. The third kappa shape index (κ3) is 4.82.